The molecule has 21 heavy (non-hydrogen) atoms. The van der Waals surface area contributed by atoms with E-state index in [1.54, 1.807) is 17.4 Å². The summed E-state index contributed by atoms with van der Waals surface area (Å²) in [7, 11) is 0. The molecule has 2 saturated carbocycles. The van der Waals surface area contributed by atoms with E-state index in [0.717, 1.165) is 17.1 Å². The molecule has 2 aliphatic rings. The third-order valence-electron chi connectivity index (χ3n) is 4.04. The summed E-state index contributed by atoms with van der Waals surface area (Å²) in [5.74, 6) is 0.443. The van der Waals surface area contributed by atoms with Gasteiger partial charge in [-0.15, -0.1) is 11.3 Å². The molecular formula is C16H18N2O2S. The second-order valence-corrected chi connectivity index (χ2v) is 7.04. The Hall–Kier alpha value is -1.59. The van der Waals surface area contributed by atoms with Crippen LogP contribution in [0, 0.1) is 0 Å². The molecule has 0 amide bonds. The smallest absolute Gasteiger partial charge is 0.158 e. The molecule has 4 rings (SSSR count). The normalized spacial score (nSPS) is 18.1. The molecule has 2 fully saturated rings. The maximum Gasteiger partial charge on any atom is 0.158 e. The van der Waals surface area contributed by atoms with Gasteiger partial charge in [0, 0.05) is 28.9 Å². The molecule has 0 unspecified atom stereocenters. The fourth-order valence-corrected chi connectivity index (χ4v) is 3.56. The van der Waals surface area contributed by atoms with Crippen molar-refractivity contribution in [3.8, 4) is 22.1 Å². The molecule has 110 valence electrons. The molecule has 0 aliphatic heterocycles. The van der Waals surface area contributed by atoms with Crippen molar-refractivity contribution in [2.45, 2.75) is 44.2 Å². The fraction of sp³-hybridized carbons (Fsp3) is 0.438. The highest BCUT2D eigenvalue weighted by molar-refractivity contribution is 7.15. The number of phenols is 2. The number of nitrogens with zero attached hydrogens (tertiary/aromatic N) is 1. The van der Waals surface area contributed by atoms with E-state index in [9.17, 15) is 10.2 Å². The summed E-state index contributed by atoms with van der Waals surface area (Å²) in [6.07, 6.45) is 5.05. The number of hydrogen-bond donors (Lipinski definition) is 3. The molecule has 0 saturated heterocycles. The molecular weight excluding hydrogens is 284 g/mol. The van der Waals surface area contributed by atoms with Crippen LogP contribution in [0.15, 0.2) is 18.2 Å². The van der Waals surface area contributed by atoms with Crippen LogP contribution in [0.25, 0.3) is 10.6 Å². The van der Waals surface area contributed by atoms with Crippen molar-refractivity contribution in [3.63, 3.8) is 0 Å². The van der Waals surface area contributed by atoms with Gasteiger partial charge in [-0.05, 0) is 43.9 Å². The molecule has 1 heterocycles. The van der Waals surface area contributed by atoms with Crippen LogP contribution in [0.4, 0.5) is 0 Å². The Balaban J connectivity index is 1.64. The predicted octanol–water partition coefficient (Wildman–Crippen LogP) is 3.35. The number of thiazole rings is 1. The van der Waals surface area contributed by atoms with Crippen LogP contribution in [0.2, 0.25) is 0 Å². The molecule has 4 nitrogen and oxygen atoms in total. The first kappa shape index (κ1) is 13.1. The summed E-state index contributed by atoms with van der Waals surface area (Å²) in [4.78, 5) is 6.12. The molecule has 1 aromatic heterocycles. The molecule has 2 aliphatic carbocycles. The average Bonchev–Trinajstić information content (AvgIpc) is 3.39. The highest BCUT2D eigenvalue weighted by Crippen LogP contribution is 2.45. The molecule has 0 bridgehead atoms. The summed E-state index contributed by atoms with van der Waals surface area (Å²) < 4.78 is 0. The van der Waals surface area contributed by atoms with Crippen molar-refractivity contribution < 1.29 is 10.2 Å². The molecule has 5 heteroatoms. The lowest BCUT2D eigenvalue weighted by atomic mass is 10.2. The number of benzene rings is 1. The van der Waals surface area contributed by atoms with Gasteiger partial charge >= 0.3 is 0 Å². The van der Waals surface area contributed by atoms with Gasteiger partial charge in [0.1, 0.15) is 5.01 Å². The first-order valence-electron chi connectivity index (χ1n) is 7.46. The topological polar surface area (TPSA) is 65.4 Å². The number of phenolic OH excluding ortho intramolecular Hbond substituents is 2. The largest absolute Gasteiger partial charge is 0.504 e. The first-order chi connectivity index (χ1) is 10.2. The molecule has 0 atom stereocenters. The van der Waals surface area contributed by atoms with Crippen molar-refractivity contribution in [1.82, 2.24) is 10.3 Å². The van der Waals surface area contributed by atoms with Gasteiger partial charge in [0.2, 0.25) is 0 Å². The van der Waals surface area contributed by atoms with Crippen molar-refractivity contribution in [2.24, 2.45) is 0 Å². The number of rotatable bonds is 5. The van der Waals surface area contributed by atoms with Gasteiger partial charge in [0.05, 0.1) is 5.69 Å². The number of aromatic nitrogens is 1. The van der Waals surface area contributed by atoms with Crippen LogP contribution < -0.4 is 5.32 Å². The van der Waals surface area contributed by atoms with Crippen LogP contribution in [-0.2, 0) is 6.54 Å². The Morgan fingerprint density at radius 3 is 2.62 bits per heavy atom. The lowest BCUT2D eigenvalue weighted by Crippen LogP contribution is -2.15. The Kier molecular flexibility index (Phi) is 3.12. The van der Waals surface area contributed by atoms with Crippen molar-refractivity contribution >= 4 is 11.3 Å². The summed E-state index contributed by atoms with van der Waals surface area (Å²) >= 11 is 1.70. The maximum atomic E-state index is 9.66. The molecule has 0 spiro atoms. The van der Waals surface area contributed by atoms with Gasteiger partial charge in [0.25, 0.3) is 0 Å². The van der Waals surface area contributed by atoms with Gasteiger partial charge in [-0.25, -0.2) is 4.98 Å². The number of aromatic hydroxyl groups is 2. The van der Waals surface area contributed by atoms with Crippen LogP contribution in [0.3, 0.4) is 0 Å². The Morgan fingerprint density at radius 1 is 1.14 bits per heavy atom. The zero-order valence-corrected chi connectivity index (χ0v) is 12.5. The summed E-state index contributed by atoms with van der Waals surface area (Å²) in [6.45, 7) is 0.901. The van der Waals surface area contributed by atoms with Gasteiger partial charge in [-0.2, -0.15) is 0 Å². The van der Waals surface area contributed by atoms with Gasteiger partial charge in [-0.3, -0.25) is 0 Å². The van der Waals surface area contributed by atoms with Crippen molar-refractivity contribution in [1.29, 1.82) is 0 Å². The Labute approximate surface area is 127 Å². The van der Waals surface area contributed by atoms with E-state index in [2.05, 4.69) is 5.32 Å². The van der Waals surface area contributed by atoms with Gasteiger partial charge in [0.15, 0.2) is 11.5 Å². The highest BCUT2D eigenvalue weighted by atomic mass is 32.1. The van der Waals surface area contributed by atoms with E-state index in [-0.39, 0.29) is 11.5 Å². The minimum absolute atomic E-state index is 0.0895. The summed E-state index contributed by atoms with van der Waals surface area (Å²) in [6, 6.07) is 5.61. The Morgan fingerprint density at radius 2 is 1.95 bits per heavy atom. The molecule has 2 aromatic rings. The first-order valence-corrected chi connectivity index (χ1v) is 8.27. The second kappa shape index (κ2) is 5.00. The number of hydrogen-bond acceptors (Lipinski definition) is 5. The van der Waals surface area contributed by atoms with Crippen LogP contribution in [0.5, 0.6) is 11.5 Å². The third-order valence-corrected chi connectivity index (χ3v) is 5.16. The minimum atomic E-state index is -0.0895. The minimum Gasteiger partial charge on any atom is -0.504 e. The van der Waals surface area contributed by atoms with Crippen molar-refractivity contribution in [3.05, 3.63) is 28.8 Å². The van der Waals surface area contributed by atoms with E-state index in [1.807, 2.05) is 6.07 Å². The second-order valence-electron chi connectivity index (χ2n) is 5.96. The average molecular weight is 302 g/mol. The lowest BCUT2D eigenvalue weighted by molar-refractivity contribution is 0.404. The number of nitrogens with one attached hydrogen (secondary N) is 1. The van der Waals surface area contributed by atoms with Gasteiger partial charge in [-0.1, -0.05) is 0 Å². The highest BCUT2D eigenvalue weighted by Gasteiger charge is 2.30. The van der Waals surface area contributed by atoms with Crippen LogP contribution in [-0.4, -0.2) is 21.2 Å². The quantitative estimate of drug-likeness (QED) is 0.741. The standard InChI is InChI=1S/C16H18N2O2S/c19-12-6-3-10(7-13(12)20)16-18-15(9-1-2-9)14(21-16)8-17-11-4-5-11/h3,6-7,9,11,17,19-20H,1-2,4-5,8H2. The molecule has 0 radical (unpaired) electrons. The SMILES string of the molecule is Oc1ccc(-c2nc(C3CC3)c(CNC3CC3)s2)cc1O. The van der Waals surface area contributed by atoms with E-state index in [0.29, 0.717) is 12.0 Å². The van der Waals surface area contributed by atoms with Crippen LogP contribution in [0.1, 0.15) is 42.2 Å². The lowest BCUT2D eigenvalue weighted by Gasteiger charge is -2.01. The van der Waals surface area contributed by atoms with E-state index >= 15 is 0 Å². The van der Waals surface area contributed by atoms with Gasteiger partial charge < -0.3 is 15.5 Å². The maximum absolute atomic E-state index is 9.66. The zero-order valence-electron chi connectivity index (χ0n) is 11.7. The Bertz CT molecular complexity index is 675. The summed E-state index contributed by atoms with van der Waals surface area (Å²) in [5.41, 5.74) is 2.10. The molecule has 3 N–H and O–H groups in total. The van der Waals surface area contributed by atoms with Crippen LogP contribution >= 0.6 is 11.3 Å². The van der Waals surface area contributed by atoms with E-state index < -0.39 is 0 Å². The van der Waals surface area contributed by atoms with E-state index in [1.165, 1.54) is 42.3 Å². The monoisotopic (exact) mass is 302 g/mol. The van der Waals surface area contributed by atoms with Crippen molar-refractivity contribution in [2.75, 3.05) is 0 Å². The predicted molar refractivity (Wildman–Crippen MR) is 82.7 cm³/mol. The fourth-order valence-electron chi connectivity index (χ4n) is 2.47. The third kappa shape index (κ3) is 2.76. The zero-order chi connectivity index (χ0) is 14.4. The molecule has 1 aromatic carbocycles. The van der Waals surface area contributed by atoms with E-state index in [4.69, 9.17) is 4.98 Å². The summed E-state index contributed by atoms with van der Waals surface area (Å²) in [5, 5.41) is 23.6.